The average Bonchev–Trinajstić information content (AvgIpc) is 3.52. The molecule has 0 saturated heterocycles. The minimum absolute atomic E-state index is 0.0408. The monoisotopic (exact) mass is 505 g/mol. The molecule has 0 radical (unpaired) electrons. The van der Waals surface area contributed by atoms with E-state index in [1.165, 1.54) is 0 Å². The Labute approximate surface area is 218 Å². The molecule has 0 unspecified atom stereocenters. The van der Waals surface area contributed by atoms with Gasteiger partial charge in [-0.05, 0) is 38.1 Å². The Bertz CT molecular complexity index is 1240. The second-order valence-electron chi connectivity index (χ2n) is 9.19. The van der Waals surface area contributed by atoms with E-state index in [-0.39, 0.29) is 12.7 Å². The van der Waals surface area contributed by atoms with Crippen LogP contribution in [0.2, 0.25) is 0 Å². The molecule has 0 amide bonds. The molecule has 1 N–H and O–H groups in total. The van der Waals surface area contributed by atoms with E-state index in [1.807, 2.05) is 87.6 Å². The lowest BCUT2D eigenvalue weighted by atomic mass is 10.1. The first-order valence-electron chi connectivity index (χ1n) is 12.4. The van der Waals surface area contributed by atoms with Crippen LogP contribution in [0.25, 0.3) is 11.3 Å². The Morgan fingerprint density at radius 1 is 1.00 bits per heavy atom. The first kappa shape index (κ1) is 26.5. The van der Waals surface area contributed by atoms with Crippen molar-refractivity contribution in [3.8, 4) is 28.6 Å². The number of aryl methyl sites for hydroxylation is 1. The van der Waals surface area contributed by atoms with Gasteiger partial charge in [-0.1, -0.05) is 36.4 Å². The molecule has 37 heavy (non-hydrogen) atoms. The largest absolute Gasteiger partial charge is 0.497 e. The van der Waals surface area contributed by atoms with Gasteiger partial charge in [-0.25, -0.2) is 4.68 Å². The molecular formula is C29H35N3O5. The van der Waals surface area contributed by atoms with Gasteiger partial charge >= 0.3 is 0 Å². The maximum absolute atomic E-state index is 10.8. The molecule has 0 aliphatic heterocycles. The quantitative estimate of drug-likeness (QED) is 0.265. The van der Waals surface area contributed by atoms with Crippen LogP contribution in [0.4, 0.5) is 0 Å². The zero-order valence-electron chi connectivity index (χ0n) is 21.8. The summed E-state index contributed by atoms with van der Waals surface area (Å²) in [5.74, 6) is 2.77. The number of hydrogen-bond donors (Lipinski definition) is 1. The highest BCUT2D eigenvalue weighted by Gasteiger charge is 2.24. The highest BCUT2D eigenvalue weighted by atomic mass is 16.5. The topological polar surface area (TPSA) is 82.1 Å². The molecule has 1 atom stereocenters. The Balaban J connectivity index is 1.69. The lowest BCUT2D eigenvalue weighted by Gasteiger charge is -2.25. The van der Waals surface area contributed by atoms with Crippen molar-refractivity contribution in [2.75, 3.05) is 20.3 Å². The van der Waals surface area contributed by atoms with Crippen LogP contribution in [0, 0.1) is 0 Å². The molecule has 4 rings (SSSR count). The second-order valence-corrected chi connectivity index (χ2v) is 9.19. The minimum Gasteiger partial charge on any atom is -0.497 e. The second kappa shape index (κ2) is 12.6. The molecule has 0 spiro atoms. The summed E-state index contributed by atoms with van der Waals surface area (Å²) in [6.45, 7) is 5.52. The normalized spacial score (nSPS) is 12.3. The molecule has 196 valence electrons. The van der Waals surface area contributed by atoms with E-state index >= 15 is 0 Å². The van der Waals surface area contributed by atoms with Gasteiger partial charge in [-0.15, -0.1) is 0 Å². The zero-order chi connectivity index (χ0) is 26.2. The van der Waals surface area contributed by atoms with Crippen molar-refractivity contribution in [1.29, 1.82) is 0 Å². The van der Waals surface area contributed by atoms with Crippen molar-refractivity contribution < 1.29 is 23.7 Å². The molecule has 0 fully saturated rings. The van der Waals surface area contributed by atoms with E-state index in [2.05, 4.69) is 4.90 Å². The van der Waals surface area contributed by atoms with Crippen LogP contribution in [0.3, 0.4) is 0 Å². The maximum Gasteiger partial charge on any atom is 0.222 e. The number of ether oxygens (including phenoxy) is 3. The summed E-state index contributed by atoms with van der Waals surface area (Å²) in [6.07, 6.45) is 1.03. The Morgan fingerprint density at radius 3 is 2.49 bits per heavy atom. The van der Waals surface area contributed by atoms with Crippen molar-refractivity contribution in [2.45, 2.75) is 39.1 Å². The molecule has 0 saturated carbocycles. The SMILES string of the molecule is COc1cccc(Oc2c(CN(Cc3ccco3)C[C@H](O)COC(C)C)c(-c3ccccc3)nn2C)c1. The number of nitrogens with zero attached hydrogens (tertiary/aromatic N) is 3. The van der Waals surface area contributed by atoms with Crippen molar-refractivity contribution in [3.05, 3.63) is 84.3 Å². The summed E-state index contributed by atoms with van der Waals surface area (Å²) >= 11 is 0. The number of furan rings is 1. The fourth-order valence-electron chi connectivity index (χ4n) is 4.11. The van der Waals surface area contributed by atoms with Crippen molar-refractivity contribution >= 4 is 0 Å². The molecule has 2 heterocycles. The summed E-state index contributed by atoms with van der Waals surface area (Å²) in [6, 6.07) is 21.3. The molecule has 0 bridgehead atoms. The number of hydrogen-bond acceptors (Lipinski definition) is 7. The van der Waals surface area contributed by atoms with Crippen LogP contribution in [-0.2, 0) is 24.9 Å². The molecule has 2 aromatic heterocycles. The van der Waals surface area contributed by atoms with E-state index in [4.69, 9.17) is 23.7 Å². The van der Waals surface area contributed by atoms with Gasteiger partial charge in [-0.3, -0.25) is 4.90 Å². The van der Waals surface area contributed by atoms with Gasteiger partial charge in [0, 0.05) is 31.8 Å². The zero-order valence-corrected chi connectivity index (χ0v) is 21.8. The van der Waals surface area contributed by atoms with E-state index in [0.29, 0.717) is 37.0 Å². The smallest absolute Gasteiger partial charge is 0.222 e. The van der Waals surface area contributed by atoms with Crippen LogP contribution in [0.15, 0.2) is 77.4 Å². The van der Waals surface area contributed by atoms with Gasteiger partial charge in [0.25, 0.3) is 0 Å². The van der Waals surface area contributed by atoms with Gasteiger partial charge in [0.15, 0.2) is 0 Å². The van der Waals surface area contributed by atoms with Crippen molar-refractivity contribution in [2.24, 2.45) is 7.05 Å². The molecule has 0 aliphatic rings. The average molecular weight is 506 g/mol. The van der Waals surface area contributed by atoms with Crippen LogP contribution in [0.1, 0.15) is 25.2 Å². The predicted octanol–water partition coefficient (Wildman–Crippen LogP) is 5.27. The van der Waals surface area contributed by atoms with Crippen molar-refractivity contribution in [1.82, 2.24) is 14.7 Å². The number of aromatic nitrogens is 2. The lowest BCUT2D eigenvalue weighted by molar-refractivity contribution is -0.0114. The Kier molecular flexibility index (Phi) is 9.00. The van der Waals surface area contributed by atoms with Crippen LogP contribution < -0.4 is 9.47 Å². The first-order valence-corrected chi connectivity index (χ1v) is 12.4. The van der Waals surface area contributed by atoms with E-state index in [1.54, 1.807) is 18.1 Å². The predicted molar refractivity (Wildman–Crippen MR) is 142 cm³/mol. The summed E-state index contributed by atoms with van der Waals surface area (Å²) in [5.41, 5.74) is 2.70. The third-order valence-electron chi connectivity index (χ3n) is 5.82. The first-order chi connectivity index (χ1) is 17.9. The lowest BCUT2D eigenvalue weighted by Crippen LogP contribution is -2.35. The van der Waals surface area contributed by atoms with Gasteiger partial charge in [0.1, 0.15) is 23.0 Å². The third kappa shape index (κ3) is 7.22. The third-order valence-corrected chi connectivity index (χ3v) is 5.82. The molecular weight excluding hydrogens is 470 g/mol. The van der Waals surface area contributed by atoms with Gasteiger partial charge in [-0.2, -0.15) is 5.10 Å². The van der Waals surface area contributed by atoms with Gasteiger partial charge in [0.2, 0.25) is 5.88 Å². The Morgan fingerprint density at radius 2 is 1.78 bits per heavy atom. The Hall–Kier alpha value is -3.59. The number of aliphatic hydroxyl groups excluding tert-OH is 1. The summed E-state index contributed by atoms with van der Waals surface area (Å²) in [5, 5.41) is 15.6. The standard InChI is InChI=1S/C29H35N3O5/c1-21(2)36-20-23(33)17-32(18-26-14-9-15-35-26)19-27-28(22-10-6-5-7-11-22)30-31(3)29(27)37-25-13-8-12-24(16-25)34-4/h5-16,21,23,33H,17-20H2,1-4H3/t23-/m0/s1. The highest BCUT2D eigenvalue weighted by molar-refractivity contribution is 5.65. The number of rotatable bonds is 13. The number of benzene rings is 2. The molecule has 8 heteroatoms. The fraction of sp³-hybridized carbons (Fsp3) is 0.345. The fourth-order valence-corrected chi connectivity index (χ4v) is 4.11. The minimum atomic E-state index is -0.669. The van der Waals surface area contributed by atoms with Gasteiger partial charge in [0.05, 0.1) is 44.3 Å². The molecule has 0 aliphatic carbocycles. The van der Waals surface area contributed by atoms with Crippen molar-refractivity contribution in [3.63, 3.8) is 0 Å². The molecule has 2 aromatic carbocycles. The number of methoxy groups -OCH3 is 1. The van der Waals surface area contributed by atoms with Crippen LogP contribution >= 0.6 is 0 Å². The van der Waals surface area contributed by atoms with Gasteiger partial charge < -0.3 is 23.7 Å². The highest BCUT2D eigenvalue weighted by Crippen LogP contribution is 2.35. The molecule has 4 aromatic rings. The van der Waals surface area contributed by atoms with E-state index in [9.17, 15) is 5.11 Å². The molecule has 8 nitrogen and oxygen atoms in total. The van der Waals surface area contributed by atoms with E-state index in [0.717, 1.165) is 22.6 Å². The number of aliphatic hydroxyl groups is 1. The van der Waals surface area contributed by atoms with E-state index < -0.39 is 6.10 Å². The maximum atomic E-state index is 10.8. The summed E-state index contributed by atoms with van der Waals surface area (Å²) in [7, 11) is 3.50. The summed E-state index contributed by atoms with van der Waals surface area (Å²) < 4.78 is 24.8. The van der Waals surface area contributed by atoms with Crippen LogP contribution in [-0.4, -0.2) is 52.3 Å². The van der Waals surface area contributed by atoms with Crippen LogP contribution in [0.5, 0.6) is 17.4 Å². The summed E-state index contributed by atoms with van der Waals surface area (Å²) in [4.78, 5) is 2.12.